The fraction of sp³-hybridized carbons (Fsp3) is 0.692. The molecule has 0 atom stereocenters. The number of hydrogen-bond acceptors (Lipinski definition) is 7. The molecular weight excluding hydrogens is 280 g/mol. The fourth-order valence-electron chi connectivity index (χ4n) is 2.31. The zero-order chi connectivity index (χ0) is 15.8. The summed E-state index contributed by atoms with van der Waals surface area (Å²) in [6.45, 7) is 3.08. The zero-order valence-electron chi connectivity index (χ0n) is 11.7. The summed E-state index contributed by atoms with van der Waals surface area (Å²) in [7, 11) is 0. The molecule has 2 fully saturated rings. The van der Waals surface area contributed by atoms with Crippen LogP contribution in [0.4, 0.5) is 0 Å². The van der Waals surface area contributed by atoms with E-state index in [2.05, 4.69) is 4.90 Å². The lowest BCUT2D eigenvalue weighted by Gasteiger charge is -2.27. The van der Waals surface area contributed by atoms with E-state index in [9.17, 15) is 9.59 Å². The highest BCUT2D eigenvalue weighted by atomic mass is 16.4. The molecule has 2 rings (SSSR count). The molecule has 2 amide bonds. The van der Waals surface area contributed by atoms with Crippen molar-refractivity contribution in [1.29, 1.82) is 0 Å². The van der Waals surface area contributed by atoms with E-state index in [4.69, 9.17) is 19.8 Å². The van der Waals surface area contributed by atoms with Crippen molar-refractivity contribution in [1.82, 2.24) is 9.80 Å². The van der Waals surface area contributed by atoms with Gasteiger partial charge in [0.25, 0.3) is 0 Å². The molecule has 0 aromatic heterocycles. The molecule has 0 radical (unpaired) electrons. The van der Waals surface area contributed by atoms with Crippen LogP contribution in [0.15, 0.2) is 0 Å². The molecule has 2 aliphatic heterocycles. The van der Waals surface area contributed by atoms with Crippen LogP contribution in [0.1, 0.15) is 32.1 Å². The topological polar surface area (TPSA) is 121 Å². The van der Waals surface area contributed by atoms with Crippen LogP contribution in [-0.2, 0) is 19.2 Å². The van der Waals surface area contributed by atoms with Crippen molar-refractivity contribution in [2.75, 3.05) is 26.2 Å². The van der Waals surface area contributed by atoms with Gasteiger partial charge in [-0.15, -0.1) is 0 Å². The van der Waals surface area contributed by atoms with Crippen LogP contribution in [0, 0.1) is 0 Å². The first-order chi connectivity index (χ1) is 9.91. The number of carbonyl (C=O) groups excluding carboxylic acids is 4. The number of carboxylic acids is 2. The first-order valence-corrected chi connectivity index (χ1v) is 6.89. The average Bonchev–Trinajstić information content (AvgIpc) is 2.87. The van der Waals surface area contributed by atoms with Crippen LogP contribution in [0.2, 0.25) is 0 Å². The van der Waals surface area contributed by atoms with Gasteiger partial charge >= 0.3 is 0 Å². The van der Waals surface area contributed by atoms with Crippen LogP contribution in [-0.4, -0.2) is 59.7 Å². The van der Waals surface area contributed by atoms with Crippen molar-refractivity contribution in [3.05, 3.63) is 0 Å². The Morgan fingerprint density at radius 3 is 1.90 bits per heavy atom. The van der Waals surface area contributed by atoms with Crippen molar-refractivity contribution in [3.8, 4) is 0 Å². The quantitative estimate of drug-likeness (QED) is 0.501. The summed E-state index contributed by atoms with van der Waals surface area (Å²) in [5.41, 5.74) is 0. The molecule has 0 bridgehead atoms. The van der Waals surface area contributed by atoms with Gasteiger partial charge in [-0.05, 0) is 32.4 Å². The molecule has 2 saturated heterocycles. The summed E-state index contributed by atoms with van der Waals surface area (Å²) in [5.74, 6) is -4.36. The summed E-state index contributed by atoms with van der Waals surface area (Å²) >= 11 is 0. The smallest absolute Gasteiger partial charge is 0.243 e. The van der Waals surface area contributed by atoms with Gasteiger partial charge in [-0.1, -0.05) is 6.42 Å². The second-order valence-electron chi connectivity index (χ2n) is 4.95. The fourth-order valence-corrected chi connectivity index (χ4v) is 2.31. The lowest BCUT2D eigenvalue weighted by atomic mass is 10.1. The van der Waals surface area contributed by atoms with Gasteiger partial charge in [0.2, 0.25) is 11.8 Å². The SMILES string of the molecule is O=C([O-])C(=O)[O-].O=C1CCCN1C(=O)CN1CCCCC1. The number of hydrogen-bond donors (Lipinski definition) is 0. The highest BCUT2D eigenvalue weighted by molar-refractivity contribution is 6.25. The number of imide groups is 1. The molecule has 0 aromatic rings. The van der Waals surface area contributed by atoms with E-state index in [0.29, 0.717) is 19.5 Å². The molecule has 0 aromatic carbocycles. The van der Waals surface area contributed by atoms with Crippen molar-refractivity contribution >= 4 is 23.8 Å². The van der Waals surface area contributed by atoms with Crippen molar-refractivity contribution in [2.24, 2.45) is 0 Å². The van der Waals surface area contributed by atoms with Gasteiger partial charge in [0.1, 0.15) is 0 Å². The predicted octanol–water partition coefficient (Wildman–Crippen LogP) is -2.89. The maximum absolute atomic E-state index is 11.8. The predicted molar refractivity (Wildman–Crippen MR) is 66.3 cm³/mol. The van der Waals surface area contributed by atoms with Gasteiger partial charge in [-0.2, -0.15) is 0 Å². The normalized spacial score (nSPS) is 18.9. The highest BCUT2D eigenvalue weighted by Gasteiger charge is 2.27. The van der Waals surface area contributed by atoms with Crippen LogP contribution in [0.25, 0.3) is 0 Å². The van der Waals surface area contributed by atoms with Gasteiger partial charge in [0.05, 0.1) is 18.5 Å². The summed E-state index contributed by atoms with van der Waals surface area (Å²) in [6.07, 6.45) is 5.02. The highest BCUT2D eigenvalue weighted by Crippen LogP contribution is 2.12. The first kappa shape index (κ1) is 17.1. The number of amides is 2. The summed E-state index contributed by atoms with van der Waals surface area (Å²) in [5, 5.41) is 17.9. The first-order valence-electron chi connectivity index (χ1n) is 6.89. The minimum Gasteiger partial charge on any atom is -0.543 e. The Hall–Kier alpha value is -1.96. The minimum atomic E-state index is -2.19. The number of piperidine rings is 1. The van der Waals surface area contributed by atoms with Crippen molar-refractivity contribution in [3.63, 3.8) is 0 Å². The van der Waals surface area contributed by atoms with Crippen molar-refractivity contribution < 1.29 is 29.4 Å². The molecule has 0 aliphatic carbocycles. The molecule has 118 valence electrons. The van der Waals surface area contributed by atoms with Crippen LogP contribution < -0.4 is 10.2 Å². The number of aliphatic carboxylic acids is 2. The molecule has 8 nitrogen and oxygen atoms in total. The van der Waals surface area contributed by atoms with Crippen LogP contribution in [0.5, 0.6) is 0 Å². The Morgan fingerprint density at radius 2 is 1.48 bits per heavy atom. The summed E-state index contributed by atoms with van der Waals surface area (Å²) < 4.78 is 0. The third kappa shape index (κ3) is 5.90. The largest absolute Gasteiger partial charge is 0.543 e. The molecule has 0 saturated carbocycles. The molecule has 0 N–H and O–H groups in total. The van der Waals surface area contributed by atoms with Gasteiger partial charge in [0.15, 0.2) is 0 Å². The Morgan fingerprint density at radius 1 is 0.905 bits per heavy atom. The Bertz CT molecular complexity index is 405. The number of carbonyl (C=O) groups is 4. The van der Waals surface area contributed by atoms with Gasteiger partial charge in [-0.3, -0.25) is 19.4 Å². The molecular formula is C13H18N2O6-2. The lowest BCUT2D eigenvalue weighted by Crippen LogP contribution is -2.42. The van der Waals surface area contributed by atoms with E-state index in [1.54, 1.807) is 0 Å². The molecule has 0 unspecified atom stereocenters. The monoisotopic (exact) mass is 298 g/mol. The Kier molecular flexibility index (Phi) is 6.80. The number of rotatable bonds is 2. The molecule has 21 heavy (non-hydrogen) atoms. The van der Waals surface area contributed by atoms with Crippen LogP contribution >= 0.6 is 0 Å². The summed E-state index contributed by atoms with van der Waals surface area (Å²) in [6, 6.07) is 0. The van der Waals surface area contributed by atoms with Gasteiger partial charge in [-0.25, -0.2) is 0 Å². The maximum Gasteiger partial charge on any atom is 0.243 e. The second kappa shape index (κ2) is 8.35. The third-order valence-corrected chi connectivity index (χ3v) is 3.35. The molecule has 2 heterocycles. The lowest BCUT2D eigenvalue weighted by molar-refractivity contribution is -0.345. The van der Waals surface area contributed by atoms with E-state index in [-0.39, 0.29) is 11.8 Å². The zero-order valence-corrected chi connectivity index (χ0v) is 11.7. The van der Waals surface area contributed by atoms with Gasteiger partial charge < -0.3 is 19.8 Å². The van der Waals surface area contributed by atoms with Crippen molar-refractivity contribution in [2.45, 2.75) is 32.1 Å². The minimum absolute atomic E-state index is 0.000556. The number of nitrogens with zero attached hydrogens (tertiary/aromatic N) is 2. The second-order valence-corrected chi connectivity index (χ2v) is 4.95. The van der Waals surface area contributed by atoms with Crippen LogP contribution in [0.3, 0.4) is 0 Å². The average molecular weight is 298 g/mol. The maximum atomic E-state index is 11.8. The third-order valence-electron chi connectivity index (χ3n) is 3.35. The van der Waals surface area contributed by atoms with E-state index < -0.39 is 11.9 Å². The van der Waals surface area contributed by atoms with E-state index in [1.165, 1.54) is 24.2 Å². The van der Waals surface area contributed by atoms with E-state index in [0.717, 1.165) is 19.5 Å². The van der Waals surface area contributed by atoms with E-state index in [1.807, 2.05) is 0 Å². The number of carboxylic acid groups (broad SMARTS) is 2. The molecule has 0 spiro atoms. The molecule has 8 heteroatoms. The van der Waals surface area contributed by atoms with E-state index >= 15 is 0 Å². The molecule has 2 aliphatic rings. The standard InChI is InChI=1S/C11H18N2O2.C2H2O4/c14-10-5-4-8-13(10)11(15)9-12-6-2-1-3-7-12;3-1(4)2(5)6/h1-9H2;(H,3,4)(H,5,6)/p-2. The Labute approximate surface area is 122 Å². The Balaban J connectivity index is 0.000000315. The number of likely N-dealkylation sites (tertiary alicyclic amines) is 2. The summed E-state index contributed by atoms with van der Waals surface area (Å²) in [4.78, 5) is 44.6. The van der Waals surface area contributed by atoms with Gasteiger partial charge in [0, 0.05) is 13.0 Å².